The average molecular weight is 616 g/mol. The molecule has 0 radical (unpaired) electrons. The lowest BCUT2D eigenvalue weighted by Gasteiger charge is -2.33. The molecule has 2 aliphatic heterocycles. The number of hydrogen-bond donors (Lipinski definition) is 2. The van der Waals surface area contributed by atoms with Crippen molar-refractivity contribution in [2.45, 2.75) is 82.6 Å². The van der Waals surface area contributed by atoms with Gasteiger partial charge in [0, 0.05) is 13.0 Å². The Morgan fingerprint density at radius 3 is 2.65 bits per heavy atom. The molecule has 234 valence electrons. The Labute approximate surface area is 253 Å². The van der Waals surface area contributed by atoms with Crippen molar-refractivity contribution < 1.29 is 37.3 Å². The van der Waals surface area contributed by atoms with Gasteiger partial charge >= 0.3 is 6.09 Å². The molecule has 0 spiro atoms. The van der Waals surface area contributed by atoms with Crippen molar-refractivity contribution >= 4 is 16.1 Å². The molecule has 2 aliphatic rings. The van der Waals surface area contributed by atoms with E-state index in [2.05, 4.69) is 11.4 Å². The molecule has 2 heterocycles. The molecule has 12 heteroatoms. The van der Waals surface area contributed by atoms with Gasteiger partial charge in [-0.3, -0.25) is 0 Å². The predicted octanol–water partition coefficient (Wildman–Crippen LogP) is 3.95. The number of fused-ring (bicyclic) bond motifs is 1. The molecule has 43 heavy (non-hydrogen) atoms. The third-order valence-electron chi connectivity index (χ3n) is 7.90. The van der Waals surface area contributed by atoms with Crippen LogP contribution in [0.4, 0.5) is 4.79 Å². The van der Waals surface area contributed by atoms with E-state index in [0.29, 0.717) is 49.2 Å². The van der Waals surface area contributed by atoms with Gasteiger partial charge in [0.1, 0.15) is 18.0 Å². The standard InChI is InChI=1S/C31H41N3O8S/c1-21(35)28(33-30(36)42-27-20-41-29-25(27)13-16-40-29)34(19-22-9-6-5-7-10-22)43(37,38)24-11-12-26(39-4)23(17-24)18-31(2,3)14-8-15-32/h5-7,9-12,17,21,25,27-29,35H,8,13-14,16,18-20H2,1-4H3,(H,33,36)/t21-,25-,27-,28+,29+/m1/s1. The summed E-state index contributed by atoms with van der Waals surface area (Å²) in [5, 5.41) is 22.5. The summed E-state index contributed by atoms with van der Waals surface area (Å²) >= 11 is 0. The molecule has 5 atom stereocenters. The van der Waals surface area contributed by atoms with Gasteiger partial charge in [0.05, 0.1) is 43.3 Å². The fourth-order valence-corrected chi connectivity index (χ4v) is 7.21. The highest BCUT2D eigenvalue weighted by Crippen LogP contribution is 2.35. The van der Waals surface area contributed by atoms with Crippen molar-refractivity contribution in [3.63, 3.8) is 0 Å². The van der Waals surface area contributed by atoms with E-state index < -0.39 is 40.8 Å². The van der Waals surface area contributed by atoms with Crippen LogP contribution in [0.3, 0.4) is 0 Å². The van der Waals surface area contributed by atoms with Gasteiger partial charge in [0.2, 0.25) is 10.0 Å². The van der Waals surface area contributed by atoms with E-state index in [9.17, 15) is 18.3 Å². The first-order valence-electron chi connectivity index (χ1n) is 14.4. The second-order valence-electron chi connectivity index (χ2n) is 11.8. The number of aliphatic hydroxyl groups excluding tert-OH is 1. The van der Waals surface area contributed by atoms with Gasteiger partial charge in [0.25, 0.3) is 0 Å². The van der Waals surface area contributed by atoms with Crippen LogP contribution in [0.15, 0.2) is 53.4 Å². The van der Waals surface area contributed by atoms with Crippen LogP contribution in [0.1, 0.15) is 51.2 Å². The van der Waals surface area contributed by atoms with E-state index >= 15 is 0 Å². The van der Waals surface area contributed by atoms with E-state index in [1.807, 2.05) is 19.9 Å². The molecular formula is C31H41N3O8S. The summed E-state index contributed by atoms with van der Waals surface area (Å²) in [7, 11) is -2.78. The topological polar surface area (TPSA) is 147 Å². The van der Waals surface area contributed by atoms with Crippen molar-refractivity contribution in [1.82, 2.24) is 9.62 Å². The van der Waals surface area contributed by atoms with E-state index in [-0.39, 0.29) is 29.4 Å². The number of hydrogen-bond acceptors (Lipinski definition) is 9. The molecule has 0 bridgehead atoms. The highest BCUT2D eigenvalue weighted by molar-refractivity contribution is 7.89. The summed E-state index contributed by atoms with van der Waals surface area (Å²) in [4.78, 5) is 13.1. The molecule has 11 nitrogen and oxygen atoms in total. The minimum absolute atomic E-state index is 0.0220. The molecule has 2 fully saturated rings. The quantitative estimate of drug-likeness (QED) is 0.320. The van der Waals surface area contributed by atoms with Crippen LogP contribution in [0.2, 0.25) is 0 Å². The normalized spacial score (nSPS) is 21.6. The first-order chi connectivity index (χ1) is 20.4. The van der Waals surface area contributed by atoms with Gasteiger partial charge in [-0.15, -0.1) is 0 Å². The van der Waals surface area contributed by atoms with Crippen LogP contribution < -0.4 is 10.1 Å². The third-order valence-corrected chi connectivity index (χ3v) is 9.72. The maximum absolute atomic E-state index is 14.4. The zero-order chi connectivity index (χ0) is 31.2. The largest absolute Gasteiger partial charge is 0.496 e. The summed E-state index contributed by atoms with van der Waals surface area (Å²) in [6, 6.07) is 15.7. The number of methoxy groups -OCH3 is 1. The lowest BCUT2D eigenvalue weighted by atomic mass is 9.81. The summed E-state index contributed by atoms with van der Waals surface area (Å²) in [5.41, 5.74) is 1.03. The van der Waals surface area contributed by atoms with Crippen LogP contribution >= 0.6 is 0 Å². The molecule has 0 unspecified atom stereocenters. The third kappa shape index (κ3) is 8.04. The predicted molar refractivity (Wildman–Crippen MR) is 157 cm³/mol. The minimum Gasteiger partial charge on any atom is -0.496 e. The van der Waals surface area contributed by atoms with Crippen LogP contribution in [-0.2, 0) is 37.2 Å². The Morgan fingerprint density at radius 2 is 1.98 bits per heavy atom. The molecule has 2 aromatic rings. The molecule has 0 aromatic heterocycles. The SMILES string of the molecule is COc1ccc(S(=O)(=O)N(Cc2ccccc2)[C@H](NC(=O)O[C@@H]2CO[C@@H]3OCC[C@@H]32)[C@@H](C)O)cc1CC(C)(C)CCC#N. The average Bonchev–Trinajstić information content (AvgIpc) is 3.59. The first kappa shape index (κ1) is 32.7. The van der Waals surface area contributed by atoms with Gasteiger partial charge in [-0.1, -0.05) is 44.2 Å². The molecule has 0 aliphatic carbocycles. The number of benzene rings is 2. The number of nitrogens with one attached hydrogen (secondary N) is 1. The van der Waals surface area contributed by atoms with Crippen LogP contribution in [0, 0.1) is 22.7 Å². The number of ether oxygens (including phenoxy) is 4. The molecule has 2 aromatic carbocycles. The van der Waals surface area contributed by atoms with Crippen LogP contribution in [0.25, 0.3) is 0 Å². The number of rotatable bonds is 13. The van der Waals surface area contributed by atoms with Gasteiger partial charge in [-0.25, -0.2) is 13.2 Å². The zero-order valence-electron chi connectivity index (χ0n) is 25.1. The van der Waals surface area contributed by atoms with E-state index in [1.54, 1.807) is 36.4 Å². The molecular weight excluding hydrogens is 574 g/mol. The number of sulfonamides is 1. The Bertz CT molecular complexity index is 1390. The van der Waals surface area contributed by atoms with Gasteiger partial charge < -0.3 is 29.4 Å². The Balaban J connectivity index is 1.65. The van der Waals surface area contributed by atoms with E-state index in [0.717, 1.165) is 4.31 Å². The molecule has 0 saturated carbocycles. The molecule has 1 amide bonds. The Morgan fingerprint density at radius 1 is 1.23 bits per heavy atom. The monoisotopic (exact) mass is 615 g/mol. The molecule has 2 N–H and O–H groups in total. The zero-order valence-corrected chi connectivity index (χ0v) is 25.9. The Kier molecular flexibility index (Phi) is 10.7. The van der Waals surface area contributed by atoms with Crippen LogP contribution in [0.5, 0.6) is 5.75 Å². The lowest BCUT2D eigenvalue weighted by molar-refractivity contribution is -0.0907. The van der Waals surface area contributed by atoms with E-state index in [4.69, 9.17) is 24.2 Å². The second-order valence-corrected chi connectivity index (χ2v) is 13.7. The number of nitriles is 1. The number of carbonyl (C=O) groups is 1. The molecule has 2 saturated heterocycles. The number of nitrogens with zero attached hydrogens (tertiary/aromatic N) is 2. The summed E-state index contributed by atoms with van der Waals surface area (Å²) in [5.74, 6) is 0.426. The lowest BCUT2D eigenvalue weighted by Crippen LogP contribution is -2.56. The van der Waals surface area contributed by atoms with Crippen molar-refractivity contribution in [3.05, 3.63) is 59.7 Å². The smallest absolute Gasteiger partial charge is 0.408 e. The number of aliphatic hydroxyl groups is 1. The van der Waals surface area contributed by atoms with Gasteiger partial charge in [-0.05, 0) is 60.9 Å². The van der Waals surface area contributed by atoms with Crippen LogP contribution in [-0.4, -0.2) is 68.9 Å². The van der Waals surface area contributed by atoms with Crippen molar-refractivity contribution in [1.29, 1.82) is 5.26 Å². The maximum atomic E-state index is 14.4. The van der Waals surface area contributed by atoms with Gasteiger partial charge in [0.15, 0.2) is 6.29 Å². The fraction of sp³-hybridized carbons (Fsp3) is 0.548. The summed E-state index contributed by atoms with van der Waals surface area (Å²) in [6.07, 6.45) is -2.33. The number of amides is 1. The Hall–Kier alpha value is -3.21. The maximum Gasteiger partial charge on any atom is 0.408 e. The summed E-state index contributed by atoms with van der Waals surface area (Å²) in [6.45, 7) is 6.00. The second kappa shape index (κ2) is 14.1. The fourth-order valence-electron chi connectivity index (χ4n) is 5.56. The van der Waals surface area contributed by atoms with Crippen molar-refractivity contribution in [2.24, 2.45) is 11.3 Å². The molecule has 4 rings (SSSR count). The first-order valence-corrected chi connectivity index (χ1v) is 15.9. The highest BCUT2D eigenvalue weighted by Gasteiger charge is 2.44. The van der Waals surface area contributed by atoms with Gasteiger partial charge in [-0.2, -0.15) is 9.57 Å². The number of alkyl carbamates (subject to hydrolysis) is 1. The van der Waals surface area contributed by atoms with E-state index in [1.165, 1.54) is 20.1 Å². The highest BCUT2D eigenvalue weighted by atomic mass is 32.2. The number of carbonyl (C=O) groups excluding carboxylic acids is 1. The van der Waals surface area contributed by atoms with Crippen molar-refractivity contribution in [2.75, 3.05) is 20.3 Å². The minimum atomic E-state index is -4.30. The van der Waals surface area contributed by atoms with Crippen molar-refractivity contribution in [3.8, 4) is 11.8 Å². The summed E-state index contributed by atoms with van der Waals surface area (Å²) < 4.78 is 52.0.